The van der Waals surface area contributed by atoms with Gasteiger partial charge in [-0.05, 0) is 73.7 Å². The van der Waals surface area contributed by atoms with Crippen molar-refractivity contribution < 1.29 is 14.7 Å². The Balaban J connectivity index is 1.73. The zero-order chi connectivity index (χ0) is 16.4. The van der Waals surface area contributed by atoms with Crippen LogP contribution in [0.1, 0.15) is 58.8 Å². The summed E-state index contributed by atoms with van der Waals surface area (Å²) >= 11 is 0. The molecule has 3 nitrogen and oxygen atoms in total. The largest absolute Gasteiger partial charge is 0.393 e. The van der Waals surface area contributed by atoms with Crippen molar-refractivity contribution in [1.29, 1.82) is 0 Å². The molecule has 0 heterocycles. The van der Waals surface area contributed by atoms with Gasteiger partial charge >= 0.3 is 0 Å². The Hall–Kier alpha value is -0.960. The van der Waals surface area contributed by atoms with E-state index in [-0.39, 0.29) is 22.7 Å². The van der Waals surface area contributed by atoms with Crippen molar-refractivity contribution in [3.05, 3.63) is 11.6 Å². The summed E-state index contributed by atoms with van der Waals surface area (Å²) in [6.07, 6.45) is 9.41. The van der Waals surface area contributed by atoms with Crippen LogP contribution in [0, 0.1) is 34.5 Å². The summed E-state index contributed by atoms with van der Waals surface area (Å²) < 4.78 is 0. The quantitative estimate of drug-likeness (QED) is 0.755. The molecular weight excluding hydrogens is 288 g/mol. The second kappa shape index (κ2) is 5.02. The molecule has 4 aliphatic rings. The van der Waals surface area contributed by atoms with E-state index >= 15 is 0 Å². The van der Waals surface area contributed by atoms with E-state index < -0.39 is 0 Å². The Morgan fingerprint density at radius 2 is 2.00 bits per heavy atom. The maximum atomic E-state index is 12.0. The first-order chi connectivity index (χ1) is 10.9. The zero-order valence-electron chi connectivity index (χ0n) is 14.3. The third-order valence-electron chi connectivity index (χ3n) is 8.16. The number of aliphatic hydroxyl groups is 1. The number of aldehydes is 1. The number of aliphatic hydroxyl groups excluding tert-OH is 1. The standard InChI is InChI=1S/C20H28O3/c1-19-6-5-17-16(18(19)9-15(23)10-19)4-3-12-7-14(22)8-13(11-21)20(12,17)2/h8,11-12,15-18,23H,3-7,9-10H2,1-2H3/t12?,15?,16-,17-,18+,19-,20-/m1/s1. The van der Waals surface area contributed by atoms with Gasteiger partial charge in [-0.25, -0.2) is 0 Å². The Morgan fingerprint density at radius 1 is 1.22 bits per heavy atom. The van der Waals surface area contributed by atoms with Crippen LogP contribution in [-0.2, 0) is 9.59 Å². The number of hydrogen-bond donors (Lipinski definition) is 1. The number of hydrogen-bond acceptors (Lipinski definition) is 3. The third-order valence-corrected chi connectivity index (χ3v) is 8.16. The second-order valence-corrected chi connectivity index (χ2v) is 9.11. The van der Waals surface area contributed by atoms with E-state index in [0.717, 1.165) is 50.4 Å². The van der Waals surface area contributed by atoms with Crippen LogP contribution in [0.3, 0.4) is 0 Å². The minimum Gasteiger partial charge on any atom is -0.393 e. The van der Waals surface area contributed by atoms with E-state index in [1.165, 1.54) is 0 Å². The van der Waals surface area contributed by atoms with Crippen LogP contribution in [0.15, 0.2) is 11.6 Å². The van der Waals surface area contributed by atoms with Crippen molar-refractivity contribution in [2.45, 2.75) is 64.9 Å². The van der Waals surface area contributed by atoms with E-state index in [0.29, 0.717) is 30.1 Å². The van der Waals surface area contributed by atoms with E-state index in [1.807, 2.05) is 0 Å². The van der Waals surface area contributed by atoms with Crippen molar-refractivity contribution in [3.63, 3.8) is 0 Å². The van der Waals surface area contributed by atoms with Crippen LogP contribution in [0.4, 0.5) is 0 Å². The van der Waals surface area contributed by atoms with Crippen LogP contribution in [-0.4, -0.2) is 23.3 Å². The normalized spacial score (nSPS) is 52.2. The Morgan fingerprint density at radius 3 is 2.74 bits per heavy atom. The summed E-state index contributed by atoms with van der Waals surface area (Å²) in [5.41, 5.74) is 0.892. The fourth-order valence-electron chi connectivity index (χ4n) is 7.01. The second-order valence-electron chi connectivity index (χ2n) is 9.11. The molecule has 3 heteroatoms. The molecule has 7 atom stereocenters. The molecule has 0 amide bonds. The van der Waals surface area contributed by atoms with Gasteiger partial charge in [-0.3, -0.25) is 9.59 Å². The molecule has 1 N–H and O–H groups in total. The Bertz CT molecular complexity index is 579. The maximum Gasteiger partial charge on any atom is 0.156 e. The first kappa shape index (κ1) is 15.6. The lowest BCUT2D eigenvalue weighted by Gasteiger charge is -2.59. The highest BCUT2D eigenvalue weighted by atomic mass is 16.3. The monoisotopic (exact) mass is 316 g/mol. The fourth-order valence-corrected chi connectivity index (χ4v) is 7.01. The van der Waals surface area contributed by atoms with Crippen molar-refractivity contribution in [3.8, 4) is 0 Å². The predicted molar refractivity (Wildman–Crippen MR) is 87.7 cm³/mol. The molecular formula is C20H28O3. The van der Waals surface area contributed by atoms with Crippen LogP contribution in [0.25, 0.3) is 0 Å². The molecule has 23 heavy (non-hydrogen) atoms. The van der Waals surface area contributed by atoms with Gasteiger partial charge in [0.2, 0.25) is 0 Å². The van der Waals surface area contributed by atoms with Gasteiger partial charge < -0.3 is 5.11 Å². The van der Waals surface area contributed by atoms with Crippen molar-refractivity contribution in [2.75, 3.05) is 0 Å². The minimum absolute atomic E-state index is 0.130. The summed E-state index contributed by atoms with van der Waals surface area (Å²) in [5.74, 6) is 2.14. The molecule has 0 spiro atoms. The number of fused-ring (bicyclic) bond motifs is 5. The maximum absolute atomic E-state index is 12.0. The average Bonchev–Trinajstić information content (AvgIpc) is 2.81. The summed E-state index contributed by atoms with van der Waals surface area (Å²) in [4.78, 5) is 23.7. The lowest BCUT2D eigenvalue weighted by molar-refractivity contribution is -0.125. The molecule has 126 valence electrons. The average molecular weight is 316 g/mol. The lowest BCUT2D eigenvalue weighted by Crippen LogP contribution is -2.53. The molecule has 0 aliphatic heterocycles. The molecule has 2 unspecified atom stereocenters. The number of carbonyl (C=O) groups is 2. The fraction of sp³-hybridized carbons (Fsp3) is 0.800. The molecule has 0 saturated heterocycles. The third kappa shape index (κ3) is 2.05. The van der Waals surface area contributed by atoms with Crippen LogP contribution >= 0.6 is 0 Å². The molecule has 0 aromatic carbocycles. The van der Waals surface area contributed by atoms with Crippen LogP contribution in [0.2, 0.25) is 0 Å². The Kier molecular flexibility index (Phi) is 3.39. The van der Waals surface area contributed by atoms with Crippen molar-refractivity contribution >= 4 is 12.1 Å². The van der Waals surface area contributed by atoms with Gasteiger partial charge in [0.15, 0.2) is 5.78 Å². The van der Waals surface area contributed by atoms with Crippen molar-refractivity contribution in [2.24, 2.45) is 34.5 Å². The topological polar surface area (TPSA) is 54.4 Å². The van der Waals surface area contributed by atoms with E-state index in [4.69, 9.17) is 0 Å². The van der Waals surface area contributed by atoms with Gasteiger partial charge in [0.25, 0.3) is 0 Å². The number of rotatable bonds is 1. The van der Waals surface area contributed by atoms with Gasteiger partial charge in [0, 0.05) is 17.4 Å². The van der Waals surface area contributed by atoms with Gasteiger partial charge in [0.05, 0.1) is 6.10 Å². The number of carbonyl (C=O) groups excluding carboxylic acids is 2. The van der Waals surface area contributed by atoms with Crippen LogP contribution in [0.5, 0.6) is 0 Å². The molecule has 4 aliphatic carbocycles. The molecule has 4 rings (SSSR count). The summed E-state index contributed by atoms with van der Waals surface area (Å²) in [6, 6.07) is 0. The van der Waals surface area contributed by atoms with Gasteiger partial charge in [-0.15, -0.1) is 0 Å². The SMILES string of the molecule is C[C@]12CC[C@@H]3[C@@H](CCC4CC(=O)C=C(C=O)[C@@]43C)[C@@H]1CC(O)C2. The highest BCUT2D eigenvalue weighted by Gasteiger charge is 2.60. The first-order valence-corrected chi connectivity index (χ1v) is 9.27. The smallest absolute Gasteiger partial charge is 0.156 e. The molecule has 3 fully saturated rings. The molecule has 3 saturated carbocycles. The minimum atomic E-state index is -0.150. The number of allylic oxidation sites excluding steroid dienone is 2. The van der Waals surface area contributed by atoms with Crippen molar-refractivity contribution in [1.82, 2.24) is 0 Å². The Labute approximate surface area is 138 Å². The molecule has 0 radical (unpaired) electrons. The molecule has 0 bridgehead atoms. The highest BCUT2D eigenvalue weighted by Crippen LogP contribution is 2.66. The van der Waals surface area contributed by atoms with E-state index in [9.17, 15) is 14.7 Å². The first-order valence-electron chi connectivity index (χ1n) is 9.27. The lowest BCUT2D eigenvalue weighted by atomic mass is 9.45. The van der Waals surface area contributed by atoms with Gasteiger partial charge in [-0.1, -0.05) is 13.8 Å². The van der Waals surface area contributed by atoms with Gasteiger partial charge in [0.1, 0.15) is 6.29 Å². The van der Waals surface area contributed by atoms with E-state index in [1.54, 1.807) is 6.08 Å². The summed E-state index contributed by atoms with van der Waals surface area (Å²) in [7, 11) is 0. The summed E-state index contributed by atoms with van der Waals surface area (Å²) in [6.45, 7) is 4.61. The summed E-state index contributed by atoms with van der Waals surface area (Å²) in [5, 5.41) is 10.2. The highest BCUT2D eigenvalue weighted by molar-refractivity contribution is 5.97. The molecule has 0 aromatic rings. The molecule has 0 aromatic heterocycles. The zero-order valence-corrected chi connectivity index (χ0v) is 14.3. The predicted octanol–water partition coefficient (Wildman–Crippen LogP) is 3.30. The number of ketones is 1. The van der Waals surface area contributed by atoms with E-state index in [2.05, 4.69) is 13.8 Å². The van der Waals surface area contributed by atoms with Crippen LogP contribution < -0.4 is 0 Å². The van der Waals surface area contributed by atoms with Gasteiger partial charge in [-0.2, -0.15) is 0 Å².